The molecule has 1 aromatic carbocycles. The van der Waals surface area contributed by atoms with Crippen LogP contribution in [0.15, 0.2) is 24.4 Å². The van der Waals surface area contributed by atoms with E-state index in [0.717, 1.165) is 42.0 Å². The van der Waals surface area contributed by atoms with E-state index in [-0.39, 0.29) is 31.4 Å². The number of carbonyl (C=O) groups is 1. The number of fused-ring (bicyclic) bond motifs is 1. The highest BCUT2D eigenvalue weighted by atomic mass is 32.2. The van der Waals surface area contributed by atoms with Crippen LogP contribution in [-0.2, 0) is 30.8 Å². The second kappa shape index (κ2) is 11.0. The van der Waals surface area contributed by atoms with E-state index >= 15 is 0 Å². The van der Waals surface area contributed by atoms with Crippen molar-refractivity contribution in [2.45, 2.75) is 56.6 Å². The highest BCUT2D eigenvalue weighted by Gasteiger charge is 2.44. The van der Waals surface area contributed by atoms with Gasteiger partial charge in [-0.15, -0.1) is 0 Å². The van der Waals surface area contributed by atoms with E-state index in [1.165, 1.54) is 6.92 Å². The van der Waals surface area contributed by atoms with Crippen LogP contribution in [0.2, 0.25) is 0 Å². The monoisotopic (exact) mass is 513 g/mol. The number of aliphatic hydroxyl groups is 1. The van der Waals surface area contributed by atoms with Gasteiger partial charge in [-0.2, -0.15) is 5.10 Å². The van der Waals surface area contributed by atoms with Crippen LogP contribution in [0.3, 0.4) is 0 Å². The van der Waals surface area contributed by atoms with E-state index in [1.54, 1.807) is 10.9 Å². The van der Waals surface area contributed by atoms with Crippen molar-refractivity contribution in [1.29, 1.82) is 0 Å². The molecule has 1 aromatic heterocycles. The number of aryl methyl sites for hydroxylation is 1. The number of aromatic nitrogens is 2. The van der Waals surface area contributed by atoms with Gasteiger partial charge in [0.2, 0.25) is 0 Å². The van der Waals surface area contributed by atoms with Crippen molar-refractivity contribution in [2.24, 2.45) is 11.8 Å². The van der Waals surface area contributed by atoms with Gasteiger partial charge in [0, 0.05) is 55.5 Å². The molecule has 1 saturated heterocycles. The third-order valence-corrected chi connectivity index (χ3v) is 8.80. The molecular formula is C26H31N3O6S. The number of carbonyl (C=O) groups excluding carboxylic acids is 1. The van der Waals surface area contributed by atoms with Gasteiger partial charge >= 0.3 is 0 Å². The van der Waals surface area contributed by atoms with Gasteiger partial charge < -0.3 is 9.84 Å². The third kappa shape index (κ3) is 6.26. The Kier molecular flexibility index (Phi) is 8.01. The van der Waals surface area contributed by atoms with E-state index in [2.05, 4.69) is 34.3 Å². The van der Waals surface area contributed by atoms with Crippen LogP contribution in [0.4, 0.5) is 0 Å². The van der Waals surface area contributed by atoms with Crippen molar-refractivity contribution in [3.63, 3.8) is 0 Å². The Morgan fingerprint density at radius 3 is 2.89 bits per heavy atom. The molecule has 2 aliphatic rings. The normalized spacial score (nSPS) is 23.0. The quantitative estimate of drug-likeness (QED) is 0.408. The van der Waals surface area contributed by atoms with Gasteiger partial charge in [-0.3, -0.25) is 9.48 Å². The fraction of sp³-hybridized carbons (Fsp3) is 0.538. The van der Waals surface area contributed by atoms with Crippen LogP contribution in [-0.4, -0.2) is 59.7 Å². The molecule has 4 rings (SSSR count). The lowest BCUT2D eigenvalue weighted by molar-refractivity contribution is -0.201. The molecule has 2 heterocycles. The number of ether oxygens (including phenoxy) is 1. The van der Waals surface area contributed by atoms with Gasteiger partial charge in [-0.05, 0) is 68.6 Å². The summed E-state index contributed by atoms with van der Waals surface area (Å²) < 4.78 is 30.5. The van der Waals surface area contributed by atoms with E-state index in [0.29, 0.717) is 13.0 Å². The van der Waals surface area contributed by atoms with E-state index in [4.69, 9.17) is 14.7 Å². The molecule has 1 saturated carbocycles. The highest BCUT2D eigenvalue weighted by Crippen LogP contribution is 2.36. The molecule has 9 nitrogen and oxygen atoms in total. The summed E-state index contributed by atoms with van der Waals surface area (Å²) in [5.74, 6) is 11.6. The van der Waals surface area contributed by atoms with Gasteiger partial charge in [0.1, 0.15) is 0 Å². The van der Waals surface area contributed by atoms with Crippen LogP contribution in [0.5, 0.6) is 0 Å². The number of benzene rings is 1. The van der Waals surface area contributed by atoms with E-state index < -0.39 is 26.8 Å². The molecule has 2 fully saturated rings. The number of aliphatic hydroxyl groups excluding tert-OH is 1. The zero-order valence-corrected chi connectivity index (χ0v) is 21.3. The maximum atomic E-state index is 12.9. The highest BCUT2D eigenvalue weighted by molar-refractivity contribution is 7.92. The number of hydroxylamine groups is 1. The maximum absolute atomic E-state index is 12.9. The van der Waals surface area contributed by atoms with Crippen LogP contribution in [0, 0.1) is 35.5 Å². The number of rotatable bonds is 8. The first-order valence-electron chi connectivity index (χ1n) is 12.1. The van der Waals surface area contributed by atoms with Crippen LogP contribution in [0.25, 0.3) is 10.9 Å². The minimum Gasteiger partial charge on any atom is -0.396 e. The molecule has 0 radical (unpaired) electrons. The number of amides is 1. The Morgan fingerprint density at radius 2 is 2.19 bits per heavy atom. The van der Waals surface area contributed by atoms with Gasteiger partial charge in [0.05, 0.1) is 5.52 Å². The Hall–Kier alpha value is -2.89. The topological polar surface area (TPSA) is 120 Å². The molecule has 2 N–H and O–H groups in total. The van der Waals surface area contributed by atoms with Crippen molar-refractivity contribution < 1.29 is 27.9 Å². The van der Waals surface area contributed by atoms with Crippen LogP contribution < -0.4 is 5.48 Å². The van der Waals surface area contributed by atoms with Crippen molar-refractivity contribution >= 4 is 26.6 Å². The lowest BCUT2D eigenvalue weighted by Crippen LogP contribution is -2.51. The van der Waals surface area contributed by atoms with Crippen LogP contribution in [0.1, 0.15) is 44.6 Å². The van der Waals surface area contributed by atoms with Crippen molar-refractivity contribution in [3.05, 3.63) is 30.0 Å². The molecule has 1 amide bonds. The molecule has 0 bridgehead atoms. The lowest BCUT2D eigenvalue weighted by atomic mass is 10.1. The molecule has 1 unspecified atom stereocenters. The lowest BCUT2D eigenvalue weighted by Gasteiger charge is -2.28. The van der Waals surface area contributed by atoms with Crippen molar-refractivity contribution in [2.75, 3.05) is 19.5 Å². The smallest absolute Gasteiger partial charge is 0.264 e. The van der Waals surface area contributed by atoms with Crippen molar-refractivity contribution in [3.8, 4) is 23.7 Å². The second-order valence-electron chi connectivity index (χ2n) is 9.57. The first-order chi connectivity index (χ1) is 17.2. The number of nitrogens with zero attached hydrogens (tertiary/aromatic N) is 2. The van der Waals surface area contributed by atoms with Crippen molar-refractivity contribution in [1.82, 2.24) is 15.3 Å². The summed E-state index contributed by atoms with van der Waals surface area (Å²) >= 11 is 0. The molecular weight excluding hydrogens is 482 g/mol. The van der Waals surface area contributed by atoms with Gasteiger partial charge in [-0.1, -0.05) is 11.8 Å². The number of nitrogens with one attached hydrogen (secondary N) is 1. The van der Waals surface area contributed by atoms with Gasteiger partial charge in [0.15, 0.2) is 20.9 Å². The molecule has 1 aliphatic carbocycles. The Labute approximate surface area is 211 Å². The largest absolute Gasteiger partial charge is 0.396 e. The molecule has 1 aliphatic heterocycles. The summed E-state index contributed by atoms with van der Waals surface area (Å²) in [5.41, 5.74) is 3.82. The first-order valence-corrected chi connectivity index (χ1v) is 14.0. The SMILES string of the molecule is C[C@@](CCn1cc2cc(C#CC#C[C@H]3C[C@@H]3CO)ccc2n1)(C(=O)NOC1CCCCO1)S(C)(=O)=O. The standard InChI is InChI=1S/C26H31N3O6S/c1-26(36(2,32)33,25(31)28-35-24-9-5-6-14-34-24)12-13-29-17-21-15-19(10-11-23(21)27-29)7-3-4-8-20-16-22(20)18-30/h10-11,15,17,20,22,24,30H,5-6,9,12-14,16,18H2,1-2H3,(H,28,31)/t20-,22+,24?,26+/m0/s1. The minimum absolute atomic E-state index is 0.0127. The summed E-state index contributed by atoms with van der Waals surface area (Å²) in [6, 6.07) is 5.58. The number of hydrogen-bond donors (Lipinski definition) is 2. The minimum atomic E-state index is -3.76. The fourth-order valence-electron chi connectivity index (χ4n) is 3.95. The molecule has 36 heavy (non-hydrogen) atoms. The zero-order chi connectivity index (χ0) is 25.8. The van der Waals surface area contributed by atoms with E-state index in [1.807, 2.05) is 18.2 Å². The second-order valence-corrected chi connectivity index (χ2v) is 12.0. The van der Waals surface area contributed by atoms with Gasteiger partial charge in [-0.25, -0.2) is 18.7 Å². The fourth-order valence-corrected chi connectivity index (χ4v) is 4.79. The predicted molar refractivity (Wildman–Crippen MR) is 134 cm³/mol. The molecule has 0 spiro atoms. The third-order valence-electron chi connectivity index (χ3n) is 6.77. The molecule has 192 valence electrons. The summed E-state index contributed by atoms with van der Waals surface area (Å²) in [5, 5.41) is 14.4. The Bertz CT molecular complexity index is 1340. The summed E-state index contributed by atoms with van der Waals surface area (Å²) in [6.07, 6.45) is 5.71. The number of sulfone groups is 1. The predicted octanol–water partition coefficient (Wildman–Crippen LogP) is 1.79. The summed E-state index contributed by atoms with van der Waals surface area (Å²) in [4.78, 5) is 18.2. The maximum Gasteiger partial charge on any atom is 0.264 e. The Morgan fingerprint density at radius 1 is 1.36 bits per heavy atom. The molecule has 2 aromatic rings. The first kappa shape index (κ1) is 26.2. The average Bonchev–Trinajstić information content (AvgIpc) is 3.51. The summed E-state index contributed by atoms with van der Waals surface area (Å²) in [7, 11) is -3.76. The zero-order valence-electron chi connectivity index (χ0n) is 20.5. The van der Waals surface area contributed by atoms with Gasteiger partial charge in [0.25, 0.3) is 5.91 Å². The average molecular weight is 514 g/mol. The van der Waals surface area contributed by atoms with E-state index in [9.17, 15) is 13.2 Å². The van der Waals surface area contributed by atoms with Crippen LogP contribution >= 0.6 is 0 Å². The summed E-state index contributed by atoms with van der Waals surface area (Å²) in [6.45, 7) is 2.32. The molecule has 10 heteroatoms. The molecule has 4 atom stereocenters. The Balaban J connectivity index is 1.40. The number of hydrogen-bond acceptors (Lipinski definition) is 7.